The lowest BCUT2D eigenvalue weighted by atomic mass is 9.83. The standard InChI is InChI=1S/C26H20N4O2/c1-31-20-14-12-18(13-15-20)24-23-22(17-8-4-2-5-9-17)21(16-27)25(28)32-26(23)30(29-24)19-10-6-3-7-11-19/h2-15,22H,28H2,1H3. The molecule has 0 radical (unpaired) electrons. The molecule has 1 aliphatic rings. The molecule has 1 aromatic heterocycles. The average Bonchev–Trinajstić information content (AvgIpc) is 3.23. The zero-order valence-corrected chi connectivity index (χ0v) is 17.4. The van der Waals surface area contributed by atoms with E-state index in [-0.39, 0.29) is 5.88 Å². The summed E-state index contributed by atoms with van der Waals surface area (Å²) >= 11 is 0. The Bertz CT molecular complexity index is 1330. The van der Waals surface area contributed by atoms with Crippen LogP contribution < -0.4 is 15.2 Å². The summed E-state index contributed by atoms with van der Waals surface area (Å²) in [7, 11) is 1.63. The van der Waals surface area contributed by atoms with Gasteiger partial charge < -0.3 is 15.2 Å². The van der Waals surface area contributed by atoms with Crippen LogP contribution in [0.2, 0.25) is 0 Å². The summed E-state index contributed by atoms with van der Waals surface area (Å²) in [4.78, 5) is 0. The number of rotatable bonds is 4. The minimum atomic E-state index is -0.403. The molecule has 6 heteroatoms. The number of hydrogen-bond donors (Lipinski definition) is 1. The molecule has 0 amide bonds. The van der Waals surface area contributed by atoms with E-state index in [0.717, 1.165) is 33.8 Å². The first kappa shape index (κ1) is 19.5. The lowest BCUT2D eigenvalue weighted by molar-refractivity contribution is 0.367. The number of methoxy groups -OCH3 is 1. The Morgan fingerprint density at radius 1 is 0.969 bits per heavy atom. The molecule has 0 fully saturated rings. The number of benzene rings is 3. The first-order valence-corrected chi connectivity index (χ1v) is 10.2. The third-order valence-electron chi connectivity index (χ3n) is 5.54. The van der Waals surface area contributed by atoms with E-state index in [1.165, 1.54) is 0 Å². The molecule has 3 aromatic carbocycles. The Labute approximate surface area is 185 Å². The molecule has 1 atom stereocenters. The second-order valence-corrected chi connectivity index (χ2v) is 7.38. The first-order chi connectivity index (χ1) is 15.7. The summed E-state index contributed by atoms with van der Waals surface area (Å²) in [6.45, 7) is 0. The summed E-state index contributed by atoms with van der Waals surface area (Å²) < 4.78 is 13.1. The number of nitrogens with zero attached hydrogens (tertiary/aromatic N) is 3. The van der Waals surface area contributed by atoms with Crippen molar-refractivity contribution in [2.45, 2.75) is 5.92 Å². The Kier molecular flexibility index (Phi) is 4.85. The smallest absolute Gasteiger partial charge is 0.229 e. The van der Waals surface area contributed by atoms with Gasteiger partial charge in [0.1, 0.15) is 23.1 Å². The molecule has 0 spiro atoms. The molecule has 156 valence electrons. The molecule has 0 bridgehead atoms. The van der Waals surface area contributed by atoms with Crippen molar-refractivity contribution in [1.29, 1.82) is 5.26 Å². The van der Waals surface area contributed by atoms with Crippen LogP contribution in [0.3, 0.4) is 0 Å². The molecule has 2 heterocycles. The van der Waals surface area contributed by atoms with E-state index in [0.29, 0.717) is 11.5 Å². The second-order valence-electron chi connectivity index (χ2n) is 7.38. The van der Waals surface area contributed by atoms with Crippen molar-refractivity contribution in [2.75, 3.05) is 7.11 Å². The van der Waals surface area contributed by atoms with Gasteiger partial charge in [-0.25, -0.2) is 0 Å². The predicted octanol–water partition coefficient (Wildman–Crippen LogP) is 4.77. The van der Waals surface area contributed by atoms with Gasteiger partial charge in [0.25, 0.3) is 0 Å². The summed E-state index contributed by atoms with van der Waals surface area (Å²) in [5, 5.41) is 14.9. The van der Waals surface area contributed by atoms with Crippen LogP contribution >= 0.6 is 0 Å². The van der Waals surface area contributed by atoms with Gasteiger partial charge in [-0.05, 0) is 42.0 Å². The first-order valence-electron chi connectivity index (χ1n) is 10.2. The minimum Gasteiger partial charge on any atom is -0.497 e. The van der Waals surface area contributed by atoms with Crippen LogP contribution in [-0.4, -0.2) is 16.9 Å². The highest BCUT2D eigenvalue weighted by Crippen LogP contribution is 2.47. The van der Waals surface area contributed by atoms with Gasteiger partial charge in [-0.15, -0.1) is 0 Å². The maximum Gasteiger partial charge on any atom is 0.229 e. The van der Waals surface area contributed by atoms with E-state index >= 15 is 0 Å². The van der Waals surface area contributed by atoms with Crippen LogP contribution in [0.15, 0.2) is 96.4 Å². The van der Waals surface area contributed by atoms with Crippen LogP contribution in [0.25, 0.3) is 16.9 Å². The zero-order chi connectivity index (χ0) is 22.1. The van der Waals surface area contributed by atoms with Crippen molar-refractivity contribution in [1.82, 2.24) is 9.78 Å². The number of aromatic nitrogens is 2. The van der Waals surface area contributed by atoms with E-state index in [2.05, 4.69) is 6.07 Å². The van der Waals surface area contributed by atoms with Gasteiger partial charge in [0, 0.05) is 5.56 Å². The van der Waals surface area contributed by atoms with Gasteiger partial charge in [0.2, 0.25) is 11.8 Å². The monoisotopic (exact) mass is 420 g/mol. The van der Waals surface area contributed by atoms with E-state index in [4.69, 9.17) is 20.3 Å². The predicted molar refractivity (Wildman–Crippen MR) is 121 cm³/mol. The minimum absolute atomic E-state index is 0.0900. The molecule has 0 saturated heterocycles. The van der Waals surface area contributed by atoms with E-state index in [1.54, 1.807) is 11.8 Å². The van der Waals surface area contributed by atoms with Crippen LogP contribution in [-0.2, 0) is 0 Å². The molecular formula is C26H20N4O2. The number of ether oxygens (including phenoxy) is 2. The Morgan fingerprint density at radius 3 is 2.25 bits per heavy atom. The van der Waals surface area contributed by atoms with Crippen molar-refractivity contribution in [3.05, 3.63) is 108 Å². The fourth-order valence-electron chi connectivity index (χ4n) is 4.02. The average molecular weight is 420 g/mol. The lowest BCUT2D eigenvalue weighted by Gasteiger charge is -2.25. The third kappa shape index (κ3) is 3.17. The Balaban J connectivity index is 1.81. The number of para-hydroxylation sites is 1. The number of allylic oxidation sites excluding steroid dienone is 1. The summed E-state index contributed by atoms with van der Waals surface area (Å²) in [6.07, 6.45) is 0. The van der Waals surface area contributed by atoms with Crippen LogP contribution in [0, 0.1) is 11.3 Å². The molecule has 32 heavy (non-hydrogen) atoms. The normalized spacial score (nSPS) is 14.9. The second kappa shape index (κ2) is 7.97. The van der Waals surface area contributed by atoms with Crippen molar-refractivity contribution in [3.63, 3.8) is 0 Å². The van der Waals surface area contributed by atoms with Gasteiger partial charge >= 0.3 is 0 Å². The zero-order valence-electron chi connectivity index (χ0n) is 17.4. The molecular weight excluding hydrogens is 400 g/mol. The fourth-order valence-corrected chi connectivity index (χ4v) is 4.02. The highest BCUT2D eigenvalue weighted by molar-refractivity contribution is 5.72. The Morgan fingerprint density at radius 2 is 1.62 bits per heavy atom. The van der Waals surface area contributed by atoms with Crippen molar-refractivity contribution >= 4 is 0 Å². The van der Waals surface area contributed by atoms with E-state index in [9.17, 15) is 5.26 Å². The molecule has 6 nitrogen and oxygen atoms in total. The molecule has 1 unspecified atom stereocenters. The number of fused-ring (bicyclic) bond motifs is 1. The summed E-state index contributed by atoms with van der Waals surface area (Å²) in [6, 6.07) is 29.5. The van der Waals surface area contributed by atoms with Gasteiger partial charge in [0.15, 0.2) is 0 Å². The molecule has 2 N–H and O–H groups in total. The number of hydrogen-bond acceptors (Lipinski definition) is 5. The maximum absolute atomic E-state index is 9.96. The molecule has 0 saturated carbocycles. The van der Waals surface area contributed by atoms with Crippen LogP contribution in [0.4, 0.5) is 0 Å². The van der Waals surface area contributed by atoms with Gasteiger partial charge in [0.05, 0.1) is 24.3 Å². The van der Waals surface area contributed by atoms with Crippen molar-refractivity contribution in [3.8, 4) is 34.6 Å². The van der Waals surface area contributed by atoms with Crippen LogP contribution in [0.1, 0.15) is 17.0 Å². The lowest BCUT2D eigenvalue weighted by Crippen LogP contribution is -2.22. The number of nitriles is 1. The van der Waals surface area contributed by atoms with Gasteiger partial charge in [-0.1, -0.05) is 48.5 Å². The van der Waals surface area contributed by atoms with Crippen molar-refractivity contribution < 1.29 is 9.47 Å². The highest BCUT2D eigenvalue weighted by Gasteiger charge is 2.37. The fraction of sp³-hybridized carbons (Fsp3) is 0.0769. The molecule has 5 rings (SSSR count). The highest BCUT2D eigenvalue weighted by atomic mass is 16.5. The van der Waals surface area contributed by atoms with Crippen LogP contribution in [0.5, 0.6) is 11.6 Å². The SMILES string of the molecule is COc1ccc(-c2nn(-c3ccccc3)c3c2C(c2ccccc2)C(C#N)=C(N)O3)cc1. The van der Waals surface area contributed by atoms with E-state index in [1.807, 2.05) is 84.9 Å². The van der Waals surface area contributed by atoms with Crippen molar-refractivity contribution in [2.24, 2.45) is 5.73 Å². The van der Waals surface area contributed by atoms with E-state index < -0.39 is 5.92 Å². The molecule has 0 aliphatic carbocycles. The number of nitrogens with two attached hydrogens (primary N) is 1. The quantitative estimate of drug-likeness (QED) is 0.514. The summed E-state index contributed by atoms with van der Waals surface area (Å²) in [5.41, 5.74) is 10.8. The van der Waals surface area contributed by atoms with Gasteiger partial charge in [-0.2, -0.15) is 15.0 Å². The summed E-state index contributed by atoms with van der Waals surface area (Å²) in [5.74, 6) is 0.946. The Hall–Kier alpha value is -4.50. The third-order valence-corrected chi connectivity index (χ3v) is 5.54. The maximum atomic E-state index is 9.96. The molecule has 1 aliphatic heterocycles. The molecule has 4 aromatic rings. The topological polar surface area (TPSA) is 86.1 Å². The van der Waals surface area contributed by atoms with Gasteiger partial charge in [-0.3, -0.25) is 0 Å². The largest absolute Gasteiger partial charge is 0.497 e.